The van der Waals surface area contributed by atoms with Crippen molar-refractivity contribution in [2.45, 2.75) is 18.4 Å². The van der Waals surface area contributed by atoms with Crippen molar-refractivity contribution < 1.29 is 13.2 Å². The van der Waals surface area contributed by atoms with Gasteiger partial charge in [-0.3, -0.25) is 4.72 Å². The highest BCUT2D eigenvalue weighted by molar-refractivity contribution is 7.92. The van der Waals surface area contributed by atoms with Crippen LogP contribution in [-0.4, -0.2) is 15.5 Å². The fourth-order valence-corrected chi connectivity index (χ4v) is 3.26. The fourth-order valence-electron chi connectivity index (χ4n) is 1.96. The van der Waals surface area contributed by atoms with E-state index < -0.39 is 10.0 Å². The average Bonchev–Trinajstić information content (AvgIpc) is 2.39. The van der Waals surface area contributed by atoms with E-state index >= 15 is 0 Å². The van der Waals surface area contributed by atoms with Crippen LogP contribution in [0.25, 0.3) is 0 Å². The van der Waals surface area contributed by atoms with Gasteiger partial charge < -0.3 is 4.74 Å². The van der Waals surface area contributed by atoms with Crippen LogP contribution >= 0.6 is 0 Å². The molecule has 0 atom stereocenters. The van der Waals surface area contributed by atoms with Gasteiger partial charge in [0.25, 0.3) is 10.0 Å². The number of benzene rings is 2. The van der Waals surface area contributed by atoms with Crippen LogP contribution in [0, 0.1) is 6.92 Å². The number of hydrogen-bond donors (Lipinski definition) is 1. The first-order valence-electron chi connectivity index (χ1n) is 6.19. The van der Waals surface area contributed by atoms with Crippen molar-refractivity contribution >= 4 is 15.7 Å². The molecule has 0 saturated heterocycles. The molecule has 2 aromatic carbocycles. The van der Waals surface area contributed by atoms with Gasteiger partial charge in [0.05, 0.1) is 11.5 Å². The molecule has 0 aliphatic heterocycles. The Balaban J connectivity index is 2.29. The van der Waals surface area contributed by atoms with Gasteiger partial charge in [0.15, 0.2) is 0 Å². The molecular formula is C15H17NO3S. The molecule has 0 heterocycles. The van der Waals surface area contributed by atoms with Gasteiger partial charge in [0.1, 0.15) is 0 Å². The molecule has 0 aliphatic rings. The lowest BCUT2D eigenvalue weighted by molar-refractivity contribution is 0.185. The van der Waals surface area contributed by atoms with E-state index in [9.17, 15) is 8.42 Å². The molecule has 0 saturated carbocycles. The third-order valence-corrected chi connectivity index (χ3v) is 4.41. The van der Waals surface area contributed by atoms with Crippen molar-refractivity contribution in [1.82, 2.24) is 0 Å². The molecule has 2 rings (SSSR count). The lowest BCUT2D eigenvalue weighted by Crippen LogP contribution is -2.14. The lowest BCUT2D eigenvalue weighted by Gasteiger charge is -2.11. The Bertz CT molecular complexity index is 696. The molecule has 0 radical (unpaired) electrons. The first kappa shape index (κ1) is 14.6. The summed E-state index contributed by atoms with van der Waals surface area (Å²) < 4.78 is 32.3. The second-order valence-electron chi connectivity index (χ2n) is 4.50. The van der Waals surface area contributed by atoms with E-state index in [2.05, 4.69) is 4.72 Å². The predicted molar refractivity (Wildman–Crippen MR) is 79.1 cm³/mol. The summed E-state index contributed by atoms with van der Waals surface area (Å²) in [4.78, 5) is 0.289. The normalized spacial score (nSPS) is 11.3. The van der Waals surface area contributed by atoms with Crippen LogP contribution < -0.4 is 4.72 Å². The summed E-state index contributed by atoms with van der Waals surface area (Å²) >= 11 is 0. The zero-order valence-electron chi connectivity index (χ0n) is 11.5. The monoisotopic (exact) mass is 291 g/mol. The fraction of sp³-hybridized carbons (Fsp3) is 0.200. The number of methoxy groups -OCH3 is 1. The molecule has 4 nitrogen and oxygen atoms in total. The van der Waals surface area contributed by atoms with Crippen molar-refractivity contribution in [3.05, 3.63) is 59.7 Å². The molecule has 0 unspecified atom stereocenters. The maximum atomic E-state index is 12.3. The summed E-state index contributed by atoms with van der Waals surface area (Å²) in [5.41, 5.74) is 2.16. The first-order chi connectivity index (χ1) is 9.53. The van der Waals surface area contributed by atoms with E-state index in [0.717, 1.165) is 5.56 Å². The minimum Gasteiger partial charge on any atom is -0.380 e. The number of aryl methyl sites for hydroxylation is 1. The maximum Gasteiger partial charge on any atom is 0.262 e. The SMILES string of the molecule is COCc1cccc(NS(=O)(=O)c2ccccc2C)c1. The molecule has 0 aromatic heterocycles. The summed E-state index contributed by atoms with van der Waals surface area (Å²) in [6, 6.07) is 14.1. The van der Waals surface area contributed by atoms with E-state index in [1.165, 1.54) is 0 Å². The Labute approximate surface area is 119 Å². The van der Waals surface area contributed by atoms with Gasteiger partial charge in [0, 0.05) is 12.8 Å². The summed E-state index contributed by atoms with van der Waals surface area (Å²) in [6.45, 7) is 2.22. The highest BCUT2D eigenvalue weighted by atomic mass is 32.2. The lowest BCUT2D eigenvalue weighted by atomic mass is 10.2. The Morgan fingerprint density at radius 1 is 1.10 bits per heavy atom. The van der Waals surface area contributed by atoms with Crippen LogP contribution in [0.3, 0.4) is 0 Å². The number of nitrogens with one attached hydrogen (secondary N) is 1. The van der Waals surface area contributed by atoms with Gasteiger partial charge in [-0.25, -0.2) is 8.42 Å². The van der Waals surface area contributed by atoms with Crippen molar-refractivity contribution in [2.75, 3.05) is 11.8 Å². The van der Waals surface area contributed by atoms with Crippen molar-refractivity contribution in [2.24, 2.45) is 0 Å². The van der Waals surface area contributed by atoms with Crippen LogP contribution in [0.2, 0.25) is 0 Å². The van der Waals surface area contributed by atoms with Crippen molar-refractivity contribution in [1.29, 1.82) is 0 Å². The number of anilines is 1. The number of hydrogen-bond acceptors (Lipinski definition) is 3. The van der Waals surface area contributed by atoms with Crippen LogP contribution in [0.15, 0.2) is 53.4 Å². The molecular weight excluding hydrogens is 274 g/mol. The molecule has 0 bridgehead atoms. The number of ether oxygens (including phenoxy) is 1. The Morgan fingerprint density at radius 2 is 1.85 bits per heavy atom. The van der Waals surface area contributed by atoms with Gasteiger partial charge in [-0.05, 0) is 36.2 Å². The second-order valence-corrected chi connectivity index (χ2v) is 6.16. The quantitative estimate of drug-likeness (QED) is 0.921. The van der Waals surface area contributed by atoms with E-state index in [1.807, 2.05) is 12.1 Å². The van der Waals surface area contributed by atoms with Crippen LogP contribution in [0.5, 0.6) is 0 Å². The average molecular weight is 291 g/mol. The van der Waals surface area contributed by atoms with Crippen LogP contribution in [-0.2, 0) is 21.4 Å². The smallest absolute Gasteiger partial charge is 0.262 e. The second kappa shape index (κ2) is 6.07. The third-order valence-electron chi connectivity index (χ3n) is 2.87. The van der Waals surface area contributed by atoms with E-state index in [-0.39, 0.29) is 4.90 Å². The Kier molecular flexibility index (Phi) is 4.42. The van der Waals surface area contributed by atoms with Crippen molar-refractivity contribution in [3.8, 4) is 0 Å². The van der Waals surface area contributed by atoms with E-state index in [0.29, 0.717) is 17.9 Å². The summed E-state index contributed by atoms with van der Waals surface area (Å²) in [7, 11) is -1.97. The molecule has 0 aliphatic carbocycles. The molecule has 0 amide bonds. The minimum atomic E-state index is -3.57. The Hall–Kier alpha value is -1.85. The zero-order chi connectivity index (χ0) is 14.6. The third kappa shape index (κ3) is 3.37. The van der Waals surface area contributed by atoms with Crippen LogP contribution in [0.1, 0.15) is 11.1 Å². The molecule has 5 heteroatoms. The zero-order valence-corrected chi connectivity index (χ0v) is 12.3. The van der Waals surface area contributed by atoms with Crippen molar-refractivity contribution in [3.63, 3.8) is 0 Å². The number of sulfonamides is 1. The predicted octanol–water partition coefficient (Wildman–Crippen LogP) is 2.94. The standard InChI is InChI=1S/C15H17NO3S/c1-12-6-3-4-9-15(12)20(17,18)16-14-8-5-7-13(10-14)11-19-2/h3-10,16H,11H2,1-2H3. The summed E-state index contributed by atoms with van der Waals surface area (Å²) in [5, 5.41) is 0. The Morgan fingerprint density at radius 3 is 2.55 bits per heavy atom. The number of rotatable bonds is 5. The molecule has 1 N–H and O–H groups in total. The van der Waals surface area contributed by atoms with Crippen LogP contribution in [0.4, 0.5) is 5.69 Å². The van der Waals surface area contributed by atoms with Gasteiger partial charge in [-0.2, -0.15) is 0 Å². The minimum absolute atomic E-state index is 0.289. The van der Waals surface area contributed by atoms with Gasteiger partial charge in [-0.15, -0.1) is 0 Å². The highest BCUT2D eigenvalue weighted by Gasteiger charge is 2.16. The topological polar surface area (TPSA) is 55.4 Å². The molecule has 20 heavy (non-hydrogen) atoms. The first-order valence-corrected chi connectivity index (χ1v) is 7.67. The largest absolute Gasteiger partial charge is 0.380 e. The summed E-state index contributed by atoms with van der Waals surface area (Å²) in [6.07, 6.45) is 0. The maximum absolute atomic E-state index is 12.3. The molecule has 0 fully saturated rings. The molecule has 2 aromatic rings. The summed E-state index contributed by atoms with van der Waals surface area (Å²) in [5.74, 6) is 0. The van der Waals surface area contributed by atoms with Gasteiger partial charge >= 0.3 is 0 Å². The van der Waals surface area contributed by atoms with Gasteiger partial charge in [0.2, 0.25) is 0 Å². The van der Waals surface area contributed by atoms with E-state index in [1.54, 1.807) is 50.4 Å². The van der Waals surface area contributed by atoms with Gasteiger partial charge in [-0.1, -0.05) is 30.3 Å². The van der Waals surface area contributed by atoms with E-state index in [4.69, 9.17) is 4.74 Å². The molecule has 0 spiro atoms. The highest BCUT2D eigenvalue weighted by Crippen LogP contribution is 2.20. The molecule has 106 valence electrons.